The van der Waals surface area contributed by atoms with Crippen LogP contribution in [-0.4, -0.2) is 20.2 Å². The average molecular weight is 448 g/mol. The quantitative estimate of drug-likeness (QED) is 0.184. The molecule has 3 rings (SSSR count). The molecule has 0 radical (unpaired) electrons. The molecule has 3 aromatic rings. The molecule has 0 aromatic heterocycles. The Labute approximate surface area is 192 Å². The van der Waals surface area contributed by atoms with E-state index in [0.29, 0.717) is 34.3 Å². The van der Waals surface area contributed by atoms with Crippen molar-refractivity contribution in [3.05, 3.63) is 88.4 Å². The van der Waals surface area contributed by atoms with Crippen molar-refractivity contribution < 1.29 is 19.0 Å². The average Bonchev–Trinajstić information content (AvgIpc) is 2.81. The van der Waals surface area contributed by atoms with Gasteiger partial charge in [0.25, 0.3) is 0 Å². The van der Waals surface area contributed by atoms with Crippen molar-refractivity contribution >= 4 is 29.2 Å². The van der Waals surface area contributed by atoms with Gasteiger partial charge >= 0.3 is 5.97 Å². The van der Waals surface area contributed by atoms with Crippen molar-refractivity contribution in [2.45, 2.75) is 12.8 Å². The molecule has 32 heavy (non-hydrogen) atoms. The molecule has 0 aliphatic rings. The van der Waals surface area contributed by atoms with E-state index in [1.54, 1.807) is 56.7 Å². The van der Waals surface area contributed by atoms with Crippen LogP contribution >= 0.6 is 11.6 Å². The van der Waals surface area contributed by atoms with Crippen LogP contribution in [0.2, 0.25) is 5.02 Å². The van der Waals surface area contributed by atoms with Gasteiger partial charge in [-0.05, 0) is 65.6 Å². The van der Waals surface area contributed by atoms with E-state index < -0.39 is 0 Å². The highest BCUT2D eigenvalue weighted by atomic mass is 35.5. The maximum absolute atomic E-state index is 12.4. The first-order valence-corrected chi connectivity index (χ1v) is 10.3. The fourth-order valence-electron chi connectivity index (χ4n) is 3.14. The molecule has 0 saturated heterocycles. The molecule has 0 bridgehead atoms. The standard InChI is InChI=1S/C26H22ClNO4/c1-30-24-11-9-18(15-25(24)31-2)10-12-26(29)32-23-8-3-5-19(14-23)13-21(17-28)20-6-4-7-22(27)16-20/h3-9,11,13-16H,10,12H2,1-2H3/b21-13-. The largest absolute Gasteiger partial charge is 0.493 e. The Morgan fingerprint density at radius 1 is 1.00 bits per heavy atom. The minimum atomic E-state index is -0.351. The van der Waals surface area contributed by atoms with Gasteiger partial charge in [0, 0.05) is 11.4 Å². The number of hydrogen-bond acceptors (Lipinski definition) is 5. The second-order valence-electron chi connectivity index (χ2n) is 6.92. The highest BCUT2D eigenvalue weighted by molar-refractivity contribution is 6.30. The molecule has 5 nitrogen and oxygen atoms in total. The summed E-state index contributed by atoms with van der Waals surface area (Å²) in [6, 6.07) is 21.9. The van der Waals surface area contributed by atoms with E-state index in [-0.39, 0.29) is 12.4 Å². The third-order valence-corrected chi connectivity index (χ3v) is 4.96. The number of nitriles is 1. The number of benzene rings is 3. The Hall–Kier alpha value is -3.75. The van der Waals surface area contributed by atoms with Gasteiger partial charge < -0.3 is 14.2 Å². The number of aryl methyl sites for hydroxylation is 1. The summed E-state index contributed by atoms with van der Waals surface area (Å²) >= 11 is 6.03. The van der Waals surface area contributed by atoms with Crippen LogP contribution in [0.5, 0.6) is 17.2 Å². The van der Waals surface area contributed by atoms with Crippen molar-refractivity contribution in [1.82, 2.24) is 0 Å². The smallest absolute Gasteiger partial charge is 0.311 e. The van der Waals surface area contributed by atoms with Gasteiger partial charge in [-0.3, -0.25) is 4.79 Å². The third kappa shape index (κ3) is 6.13. The van der Waals surface area contributed by atoms with Gasteiger partial charge in [-0.1, -0.05) is 41.9 Å². The number of rotatable bonds is 8. The fourth-order valence-corrected chi connectivity index (χ4v) is 3.33. The predicted molar refractivity (Wildman–Crippen MR) is 125 cm³/mol. The van der Waals surface area contributed by atoms with Crippen LogP contribution in [0.15, 0.2) is 66.7 Å². The summed E-state index contributed by atoms with van der Waals surface area (Å²) in [7, 11) is 3.15. The first kappa shape index (κ1) is 22.9. The van der Waals surface area contributed by atoms with Crippen LogP contribution in [0.3, 0.4) is 0 Å². The SMILES string of the molecule is COc1ccc(CCC(=O)Oc2cccc(/C=C(/C#N)c3cccc(Cl)c3)c2)cc1OC. The lowest BCUT2D eigenvalue weighted by molar-refractivity contribution is -0.134. The summed E-state index contributed by atoms with van der Waals surface area (Å²) in [6.45, 7) is 0. The van der Waals surface area contributed by atoms with Crippen molar-refractivity contribution in [1.29, 1.82) is 5.26 Å². The lowest BCUT2D eigenvalue weighted by Crippen LogP contribution is -2.09. The molecule has 0 fully saturated rings. The Bertz CT molecular complexity index is 1180. The zero-order chi connectivity index (χ0) is 22.9. The summed E-state index contributed by atoms with van der Waals surface area (Å²) in [5.74, 6) is 1.32. The molecular formula is C26H22ClNO4. The molecule has 0 aliphatic heterocycles. The fraction of sp³-hybridized carbons (Fsp3) is 0.154. The van der Waals surface area contributed by atoms with Gasteiger partial charge in [-0.15, -0.1) is 0 Å². The summed E-state index contributed by atoms with van der Waals surface area (Å²) in [4.78, 5) is 12.4. The number of ether oxygens (including phenoxy) is 3. The van der Waals surface area contributed by atoms with Crippen molar-refractivity contribution in [3.63, 3.8) is 0 Å². The molecule has 0 atom stereocenters. The topological polar surface area (TPSA) is 68.5 Å². The molecule has 0 saturated carbocycles. The number of esters is 1. The van der Waals surface area contributed by atoms with Crippen LogP contribution in [0.4, 0.5) is 0 Å². The van der Waals surface area contributed by atoms with Crippen LogP contribution in [0.1, 0.15) is 23.1 Å². The number of carbonyl (C=O) groups excluding carboxylic acids is 1. The highest BCUT2D eigenvalue weighted by Crippen LogP contribution is 2.28. The van der Waals surface area contributed by atoms with E-state index in [4.69, 9.17) is 25.8 Å². The predicted octanol–water partition coefficient (Wildman–Crippen LogP) is 5.96. The summed E-state index contributed by atoms with van der Waals surface area (Å²) in [5.41, 5.74) is 2.87. The molecule has 0 aliphatic carbocycles. The van der Waals surface area contributed by atoms with Crippen LogP contribution in [-0.2, 0) is 11.2 Å². The van der Waals surface area contributed by atoms with Gasteiger partial charge in [-0.25, -0.2) is 0 Å². The van der Waals surface area contributed by atoms with E-state index in [0.717, 1.165) is 16.7 Å². The second-order valence-corrected chi connectivity index (χ2v) is 7.35. The number of methoxy groups -OCH3 is 2. The number of carbonyl (C=O) groups is 1. The summed E-state index contributed by atoms with van der Waals surface area (Å²) in [5, 5.41) is 10.1. The monoisotopic (exact) mass is 447 g/mol. The molecule has 0 heterocycles. The van der Waals surface area contributed by atoms with E-state index in [2.05, 4.69) is 6.07 Å². The van der Waals surface area contributed by atoms with E-state index in [1.165, 1.54) is 0 Å². The van der Waals surface area contributed by atoms with Gasteiger partial charge in [0.05, 0.1) is 25.9 Å². The van der Waals surface area contributed by atoms with Crippen molar-refractivity contribution in [3.8, 4) is 23.3 Å². The van der Waals surface area contributed by atoms with E-state index in [9.17, 15) is 10.1 Å². The van der Waals surface area contributed by atoms with E-state index in [1.807, 2.05) is 30.3 Å². The number of hydrogen-bond donors (Lipinski definition) is 0. The van der Waals surface area contributed by atoms with Crippen molar-refractivity contribution in [2.24, 2.45) is 0 Å². The second kappa shape index (κ2) is 11.0. The molecule has 0 spiro atoms. The zero-order valence-corrected chi connectivity index (χ0v) is 18.6. The highest BCUT2D eigenvalue weighted by Gasteiger charge is 2.09. The van der Waals surface area contributed by atoms with Gasteiger partial charge in [-0.2, -0.15) is 5.26 Å². The first-order valence-electron chi connectivity index (χ1n) is 9.91. The number of halogens is 1. The van der Waals surface area contributed by atoms with Gasteiger partial charge in [0.2, 0.25) is 0 Å². The molecule has 162 valence electrons. The lowest BCUT2D eigenvalue weighted by Gasteiger charge is -2.09. The van der Waals surface area contributed by atoms with Crippen LogP contribution in [0, 0.1) is 11.3 Å². The van der Waals surface area contributed by atoms with Gasteiger partial charge in [0.15, 0.2) is 11.5 Å². The molecule has 0 unspecified atom stereocenters. The maximum atomic E-state index is 12.4. The number of allylic oxidation sites excluding steroid dienone is 1. The van der Waals surface area contributed by atoms with Gasteiger partial charge in [0.1, 0.15) is 5.75 Å². The molecule has 0 N–H and O–H groups in total. The molecule has 0 amide bonds. The van der Waals surface area contributed by atoms with Crippen molar-refractivity contribution in [2.75, 3.05) is 14.2 Å². The van der Waals surface area contributed by atoms with E-state index >= 15 is 0 Å². The minimum absolute atomic E-state index is 0.210. The summed E-state index contributed by atoms with van der Waals surface area (Å²) < 4.78 is 16.0. The Morgan fingerprint density at radius 3 is 2.50 bits per heavy atom. The maximum Gasteiger partial charge on any atom is 0.311 e. The Morgan fingerprint density at radius 2 is 1.78 bits per heavy atom. The molecule has 6 heteroatoms. The zero-order valence-electron chi connectivity index (χ0n) is 17.8. The number of nitrogens with zero attached hydrogens (tertiary/aromatic N) is 1. The Balaban J connectivity index is 1.66. The summed E-state index contributed by atoms with van der Waals surface area (Å²) in [6.07, 6.45) is 2.44. The lowest BCUT2D eigenvalue weighted by atomic mass is 10.0. The minimum Gasteiger partial charge on any atom is -0.493 e. The normalized spacial score (nSPS) is 10.9. The first-order chi connectivity index (χ1) is 15.5. The third-order valence-electron chi connectivity index (χ3n) is 4.72. The van der Waals surface area contributed by atoms with Crippen LogP contribution in [0.25, 0.3) is 11.6 Å². The Kier molecular flexibility index (Phi) is 7.91. The van der Waals surface area contributed by atoms with Crippen LogP contribution < -0.4 is 14.2 Å². The molecular weight excluding hydrogens is 426 g/mol. The molecule has 3 aromatic carbocycles.